The van der Waals surface area contributed by atoms with Gasteiger partial charge < -0.3 is 4.74 Å². The molecule has 0 aliphatic rings. The predicted molar refractivity (Wildman–Crippen MR) is 59.7 cm³/mol. The minimum Gasteiger partial charge on any atom is -0.381 e. The van der Waals surface area contributed by atoms with E-state index in [4.69, 9.17) is 4.74 Å². The highest BCUT2D eigenvalue weighted by Crippen LogP contribution is 2.22. The summed E-state index contributed by atoms with van der Waals surface area (Å²) in [6.45, 7) is 0.109. The Hall–Kier alpha value is -1.41. The van der Waals surface area contributed by atoms with Gasteiger partial charge in [-0.2, -0.15) is 0 Å². The Morgan fingerprint density at radius 2 is 1.87 bits per heavy atom. The molecule has 2 rings (SSSR count). The largest absolute Gasteiger partial charge is 0.381 e. The Labute approximate surface area is 88.5 Å². The lowest BCUT2D eigenvalue weighted by atomic mass is 10.0. The molecule has 1 atom stereocenters. The predicted octanol–water partition coefficient (Wildman–Crippen LogP) is 3.50. The van der Waals surface area contributed by atoms with Crippen molar-refractivity contribution in [3.63, 3.8) is 0 Å². The number of hydrogen-bond donors (Lipinski definition) is 0. The van der Waals surface area contributed by atoms with Gasteiger partial charge in [0.1, 0.15) is 6.17 Å². The third-order valence-electron chi connectivity index (χ3n) is 2.45. The van der Waals surface area contributed by atoms with Gasteiger partial charge in [0.05, 0.1) is 6.61 Å². The molecule has 0 N–H and O–H groups in total. The highest BCUT2D eigenvalue weighted by atomic mass is 19.1. The Bertz CT molecular complexity index is 453. The standard InChI is InChI=1S/C13H13FO/c1-15-9-13(14)12-7-6-10-4-2-3-5-11(10)8-12/h2-8,13H,9H2,1H3. The number of hydrogen-bond acceptors (Lipinski definition) is 1. The molecule has 0 saturated carbocycles. The Balaban J connectivity index is 2.38. The minimum absolute atomic E-state index is 0.109. The van der Waals surface area contributed by atoms with Crippen LogP contribution in [0.1, 0.15) is 11.7 Å². The van der Waals surface area contributed by atoms with Crippen molar-refractivity contribution in [1.82, 2.24) is 0 Å². The molecular weight excluding hydrogens is 191 g/mol. The number of alkyl halides is 1. The molecule has 2 aromatic carbocycles. The van der Waals surface area contributed by atoms with Gasteiger partial charge in [0.2, 0.25) is 0 Å². The first kappa shape index (κ1) is 10.1. The van der Waals surface area contributed by atoms with E-state index in [0.29, 0.717) is 5.56 Å². The highest BCUT2D eigenvalue weighted by Gasteiger charge is 2.09. The van der Waals surface area contributed by atoms with Crippen LogP contribution in [0, 0.1) is 0 Å². The Morgan fingerprint density at radius 1 is 1.13 bits per heavy atom. The summed E-state index contributed by atoms with van der Waals surface area (Å²) in [6.07, 6.45) is -1.04. The SMILES string of the molecule is COCC(F)c1ccc2ccccc2c1. The van der Waals surface area contributed by atoms with Crippen LogP contribution in [0.15, 0.2) is 42.5 Å². The lowest BCUT2D eigenvalue weighted by Gasteiger charge is -2.08. The second-order valence-corrected chi connectivity index (χ2v) is 3.53. The molecular formula is C13H13FO. The molecule has 15 heavy (non-hydrogen) atoms. The fourth-order valence-corrected chi connectivity index (χ4v) is 1.65. The first-order chi connectivity index (χ1) is 7.31. The maximum atomic E-state index is 13.5. The first-order valence-corrected chi connectivity index (χ1v) is 4.93. The van der Waals surface area contributed by atoms with Crippen molar-refractivity contribution in [3.8, 4) is 0 Å². The van der Waals surface area contributed by atoms with Crippen LogP contribution in [0.5, 0.6) is 0 Å². The van der Waals surface area contributed by atoms with Crippen molar-refractivity contribution < 1.29 is 9.13 Å². The summed E-state index contributed by atoms with van der Waals surface area (Å²) < 4.78 is 18.3. The summed E-state index contributed by atoms with van der Waals surface area (Å²) in [7, 11) is 1.51. The van der Waals surface area contributed by atoms with Crippen molar-refractivity contribution in [2.45, 2.75) is 6.17 Å². The zero-order valence-electron chi connectivity index (χ0n) is 8.61. The highest BCUT2D eigenvalue weighted by molar-refractivity contribution is 5.83. The number of ether oxygens (including phenoxy) is 1. The molecule has 78 valence electrons. The van der Waals surface area contributed by atoms with Crippen molar-refractivity contribution >= 4 is 10.8 Å². The molecule has 2 heteroatoms. The third-order valence-corrected chi connectivity index (χ3v) is 2.45. The van der Waals surface area contributed by atoms with Crippen LogP contribution in [0.3, 0.4) is 0 Å². The van der Waals surface area contributed by atoms with Crippen molar-refractivity contribution in [3.05, 3.63) is 48.0 Å². The second-order valence-electron chi connectivity index (χ2n) is 3.53. The number of fused-ring (bicyclic) bond motifs is 1. The van der Waals surface area contributed by atoms with E-state index in [9.17, 15) is 4.39 Å². The lowest BCUT2D eigenvalue weighted by molar-refractivity contribution is 0.124. The van der Waals surface area contributed by atoms with E-state index in [1.807, 2.05) is 42.5 Å². The first-order valence-electron chi connectivity index (χ1n) is 4.93. The zero-order valence-corrected chi connectivity index (χ0v) is 8.61. The fourth-order valence-electron chi connectivity index (χ4n) is 1.65. The molecule has 0 amide bonds. The van der Waals surface area contributed by atoms with E-state index < -0.39 is 6.17 Å². The van der Waals surface area contributed by atoms with Crippen molar-refractivity contribution in [2.24, 2.45) is 0 Å². The second kappa shape index (κ2) is 4.41. The Morgan fingerprint density at radius 3 is 2.60 bits per heavy atom. The number of methoxy groups -OCH3 is 1. The Kier molecular flexibility index (Phi) is 2.97. The summed E-state index contributed by atoms with van der Waals surface area (Å²) in [4.78, 5) is 0. The van der Waals surface area contributed by atoms with Gasteiger partial charge in [-0.1, -0.05) is 36.4 Å². The normalized spacial score (nSPS) is 12.9. The van der Waals surface area contributed by atoms with Gasteiger partial charge in [0.25, 0.3) is 0 Å². The summed E-state index contributed by atoms with van der Waals surface area (Å²) in [5, 5.41) is 2.19. The van der Waals surface area contributed by atoms with Crippen LogP contribution >= 0.6 is 0 Å². The zero-order chi connectivity index (χ0) is 10.7. The fraction of sp³-hybridized carbons (Fsp3) is 0.231. The molecule has 0 saturated heterocycles. The molecule has 0 aliphatic heterocycles. The molecule has 0 bridgehead atoms. The number of rotatable bonds is 3. The van der Waals surface area contributed by atoms with E-state index in [2.05, 4.69) is 0 Å². The summed E-state index contributed by atoms with van der Waals surface area (Å²) >= 11 is 0. The van der Waals surface area contributed by atoms with Gasteiger partial charge in [-0.05, 0) is 22.4 Å². The average molecular weight is 204 g/mol. The molecule has 0 aromatic heterocycles. The molecule has 0 spiro atoms. The minimum atomic E-state index is -1.04. The van der Waals surface area contributed by atoms with Crippen LogP contribution in [0.25, 0.3) is 10.8 Å². The number of benzene rings is 2. The third kappa shape index (κ3) is 2.16. The summed E-state index contributed by atoms with van der Waals surface area (Å²) in [5.74, 6) is 0. The summed E-state index contributed by atoms with van der Waals surface area (Å²) in [5.41, 5.74) is 0.676. The molecule has 1 unspecified atom stereocenters. The molecule has 0 aliphatic carbocycles. The number of halogens is 1. The van der Waals surface area contributed by atoms with Gasteiger partial charge in [-0.25, -0.2) is 4.39 Å². The van der Waals surface area contributed by atoms with Crippen molar-refractivity contribution in [2.75, 3.05) is 13.7 Å². The molecule has 0 radical (unpaired) electrons. The monoisotopic (exact) mass is 204 g/mol. The van der Waals surface area contributed by atoms with Crippen LogP contribution < -0.4 is 0 Å². The van der Waals surface area contributed by atoms with E-state index in [-0.39, 0.29) is 6.61 Å². The van der Waals surface area contributed by atoms with Gasteiger partial charge in [-0.3, -0.25) is 0 Å². The van der Waals surface area contributed by atoms with E-state index in [0.717, 1.165) is 10.8 Å². The lowest BCUT2D eigenvalue weighted by Crippen LogP contribution is -1.99. The topological polar surface area (TPSA) is 9.23 Å². The van der Waals surface area contributed by atoms with Crippen LogP contribution in [-0.4, -0.2) is 13.7 Å². The molecule has 1 nitrogen and oxygen atoms in total. The van der Waals surface area contributed by atoms with E-state index in [1.165, 1.54) is 7.11 Å². The quantitative estimate of drug-likeness (QED) is 0.743. The van der Waals surface area contributed by atoms with Gasteiger partial charge in [0.15, 0.2) is 0 Å². The van der Waals surface area contributed by atoms with Crippen LogP contribution in [0.2, 0.25) is 0 Å². The maximum absolute atomic E-state index is 13.5. The van der Waals surface area contributed by atoms with Crippen LogP contribution in [-0.2, 0) is 4.74 Å². The van der Waals surface area contributed by atoms with Gasteiger partial charge in [0, 0.05) is 7.11 Å². The van der Waals surface area contributed by atoms with E-state index >= 15 is 0 Å². The average Bonchev–Trinajstić information content (AvgIpc) is 2.29. The van der Waals surface area contributed by atoms with Crippen molar-refractivity contribution in [1.29, 1.82) is 0 Å². The van der Waals surface area contributed by atoms with Gasteiger partial charge in [-0.15, -0.1) is 0 Å². The van der Waals surface area contributed by atoms with Crippen LogP contribution in [0.4, 0.5) is 4.39 Å². The molecule has 0 heterocycles. The molecule has 0 fully saturated rings. The van der Waals surface area contributed by atoms with Gasteiger partial charge >= 0.3 is 0 Å². The summed E-state index contributed by atoms with van der Waals surface area (Å²) in [6, 6.07) is 13.6. The molecule has 2 aromatic rings. The smallest absolute Gasteiger partial charge is 0.148 e. The maximum Gasteiger partial charge on any atom is 0.148 e. The van der Waals surface area contributed by atoms with E-state index in [1.54, 1.807) is 0 Å².